The van der Waals surface area contributed by atoms with Crippen molar-refractivity contribution in [2.75, 3.05) is 5.32 Å². The molecule has 2 rings (SSSR count). The van der Waals surface area contributed by atoms with Crippen LogP contribution in [0.3, 0.4) is 0 Å². The van der Waals surface area contributed by atoms with Gasteiger partial charge in [0.15, 0.2) is 5.13 Å². The summed E-state index contributed by atoms with van der Waals surface area (Å²) in [5, 5.41) is 17.2. The Bertz CT molecular complexity index is 621. The van der Waals surface area contributed by atoms with Crippen LogP contribution in [0.5, 0.6) is 0 Å². The summed E-state index contributed by atoms with van der Waals surface area (Å²) in [6, 6.07) is 1.49. The van der Waals surface area contributed by atoms with E-state index in [1.54, 1.807) is 5.38 Å². The summed E-state index contributed by atoms with van der Waals surface area (Å²) in [6.45, 7) is 2.03. The lowest BCUT2D eigenvalue weighted by Gasteiger charge is -1.99. The SMILES string of the molecule is CCCCC(=O)Nc1nc(-c2cc([N+](=O)[O-])cs2)cs1. The molecule has 2 aromatic heterocycles. The second-order valence-corrected chi connectivity index (χ2v) is 5.89. The fourth-order valence-corrected chi connectivity index (χ4v) is 3.14. The Balaban J connectivity index is 2.04. The van der Waals surface area contributed by atoms with E-state index in [1.807, 2.05) is 6.92 Å². The summed E-state index contributed by atoms with van der Waals surface area (Å²) in [4.78, 5) is 26.8. The van der Waals surface area contributed by atoms with Crippen LogP contribution in [0.2, 0.25) is 0 Å². The maximum absolute atomic E-state index is 11.6. The lowest BCUT2D eigenvalue weighted by molar-refractivity contribution is -0.384. The van der Waals surface area contributed by atoms with Crippen LogP contribution in [-0.4, -0.2) is 15.8 Å². The predicted molar refractivity (Wildman–Crippen MR) is 80.2 cm³/mol. The predicted octanol–water partition coefficient (Wildman–Crippen LogP) is 3.91. The van der Waals surface area contributed by atoms with Crippen molar-refractivity contribution < 1.29 is 9.72 Å². The Morgan fingerprint density at radius 2 is 2.25 bits per heavy atom. The zero-order valence-electron chi connectivity index (χ0n) is 10.8. The molecule has 2 aromatic rings. The highest BCUT2D eigenvalue weighted by Gasteiger charge is 2.13. The van der Waals surface area contributed by atoms with Crippen molar-refractivity contribution >= 4 is 39.4 Å². The highest BCUT2D eigenvalue weighted by molar-refractivity contribution is 7.16. The number of carbonyl (C=O) groups is 1. The first kappa shape index (κ1) is 14.6. The highest BCUT2D eigenvalue weighted by atomic mass is 32.1. The van der Waals surface area contributed by atoms with Gasteiger partial charge in [-0.15, -0.1) is 22.7 Å². The van der Waals surface area contributed by atoms with Gasteiger partial charge < -0.3 is 5.32 Å². The van der Waals surface area contributed by atoms with Crippen molar-refractivity contribution in [1.29, 1.82) is 0 Å². The average molecular weight is 311 g/mol. The smallest absolute Gasteiger partial charge is 0.280 e. The molecular formula is C12H13N3O3S2. The van der Waals surface area contributed by atoms with Gasteiger partial charge >= 0.3 is 0 Å². The van der Waals surface area contributed by atoms with Crippen molar-refractivity contribution in [1.82, 2.24) is 4.98 Å². The molecule has 1 amide bonds. The third-order valence-electron chi connectivity index (χ3n) is 2.56. The van der Waals surface area contributed by atoms with E-state index in [1.165, 1.54) is 34.1 Å². The van der Waals surface area contributed by atoms with E-state index in [0.29, 0.717) is 17.2 Å². The molecule has 0 saturated heterocycles. The van der Waals surface area contributed by atoms with Gasteiger partial charge in [0, 0.05) is 17.9 Å². The molecule has 0 aromatic carbocycles. The lowest BCUT2D eigenvalue weighted by Crippen LogP contribution is -2.10. The molecule has 0 spiro atoms. The molecule has 0 aliphatic carbocycles. The lowest BCUT2D eigenvalue weighted by atomic mass is 10.2. The fraction of sp³-hybridized carbons (Fsp3) is 0.333. The average Bonchev–Trinajstić information content (AvgIpc) is 3.04. The molecule has 106 valence electrons. The molecule has 0 atom stereocenters. The third-order valence-corrected chi connectivity index (χ3v) is 4.25. The zero-order chi connectivity index (χ0) is 14.5. The van der Waals surface area contributed by atoms with Crippen LogP contribution in [0.25, 0.3) is 10.6 Å². The van der Waals surface area contributed by atoms with E-state index < -0.39 is 4.92 Å². The molecule has 6 nitrogen and oxygen atoms in total. The number of anilines is 1. The largest absolute Gasteiger partial charge is 0.302 e. The topological polar surface area (TPSA) is 85.1 Å². The standard InChI is InChI=1S/C12H13N3O3S2/c1-2-3-4-11(16)14-12-13-9(7-20-12)10-5-8(6-19-10)15(17)18/h5-7H,2-4H2,1H3,(H,13,14,16). The molecule has 0 fully saturated rings. The van der Waals surface area contributed by atoms with E-state index >= 15 is 0 Å². The van der Waals surface area contributed by atoms with Crippen molar-refractivity contribution in [2.24, 2.45) is 0 Å². The summed E-state index contributed by atoms with van der Waals surface area (Å²) in [5.41, 5.74) is 0.713. The van der Waals surface area contributed by atoms with Crippen molar-refractivity contribution in [3.63, 3.8) is 0 Å². The number of amides is 1. The van der Waals surface area contributed by atoms with Crippen molar-refractivity contribution in [3.05, 3.63) is 26.9 Å². The van der Waals surface area contributed by atoms with Gasteiger partial charge in [-0.2, -0.15) is 0 Å². The van der Waals surface area contributed by atoms with Crippen molar-refractivity contribution in [3.8, 4) is 10.6 Å². The summed E-state index contributed by atoms with van der Waals surface area (Å²) in [6.07, 6.45) is 2.30. The minimum Gasteiger partial charge on any atom is -0.302 e. The number of aromatic nitrogens is 1. The van der Waals surface area contributed by atoms with Gasteiger partial charge in [0.2, 0.25) is 5.91 Å². The number of rotatable bonds is 6. The molecule has 2 heterocycles. The zero-order valence-corrected chi connectivity index (χ0v) is 12.4. The van der Waals surface area contributed by atoms with Crippen molar-refractivity contribution in [2.45, 2.75) is 26.2 Å². The van der Waals surface area contributed by atoms with E-state index in [4.69, 9.17) is 0 Å². The number of thiazole rings is 1. The van der Waals surface area contributed by atoms with Crippen LogP contribution in [0, 0.1) is 10.1 Å². The van der Waals surface area contributed by atoms with Gasteiger partial charge in [0.1, 0.15) is 0 Å². The van der Waals surface area contributed by atoms with Gasteiger partial charge in [-0.05, 0) is 6.42 Å². The normalized spacial score (nSPS) is 10.4. The van der Waals surface area contributed by atoms with Gasteiger partial charge in [0.05, 0.1) is 20.9 Å². The maximum atomic E-state index is 11.6. The van der Waals surface area contributed by atoms with E-state index in [2.05, 4.69) is 10.3 Å². The molecule has 0 radical (unpaired) electrons. The highest BCUT2D eigenvalue weighted by Crippen LogP contribution is 2.32. The summed E-state index contributed by atoms with van der Waals surface area (Å²) in [7, 11) is 0. The summed E-state index contributed by atoms with van der Waals surface area (Å²) >= 11 is 2.58. The molecule has 1 N–H and O–H groups in total. The second-order valence-electron chi connectivity index (χ2n) is 4.12. The number of unbranched alkanes of at least 4 members (excludes halogenated alkanes) is 1. The van der Waals surface area contributed by atoms with Crippen LogP contribution in [0.4, 0.5) is 10.8 Å². The van der Waals surface area contributed by atoms with Crippen LogP contribution in [0.1, 0.15) is 26.2 Å². The number of nitro groups is 1. The number of carbonyl (C=O) groups excluding carboxylic acids is 1. The molecule has 20 heavy (non-hydrogen) atoms. The number of nitrogens with one attached hydrogen (secondary N) is 1. The van der Waals surface area contributed by atoms with E-state index in [-0.39, 0.29) is 11.6 Å². The summed E-state index contributed by atoms with van der Waals surface area (Å²) < 4.78 is 0. The second kappa shape index (κ2) is 6.58. The number of hydrogen-bond acceptors (Lipinski definition) is 6. The monoisotopic (exact) mass is 311 g/mol. The van der Waals surface area contributed by atoms with E-state index in [9.17, 15) is 14.9 Å². The Labute approximate surface area is 123 Å². The minimum atomic E-state index is -0.431. The Morgan fingerprint density at radius 1 is 1.45 bits per heavy atom. The Morgan fingerprint density at radius 3 is 2.90 bits per heavy atom. The molecule has 0 aliphatic rings. The molecule has 0 bridgehead atoms. The van der Waals surface area contributed by atoms with E-state index in [0.717, 1.165) is 17.7 Å². The third kappa shape index (κ3) is 3.61. The molecule has 0 saturated carbocycles. The number of nitrogens with zero attached hydrogens (tertiary/aromatic N) is 2. The van der Waals surface area contributed by atoms with Gasteiger partial charge in [-0.1, -0.05) is 13.3 Å². The van der Waals surface area contributed by atoms with Crippen LogP contribution < -0.4 is 5.32 Å². The van der Waals surface area contributed by atoms with Gasteiger partial charge in [0.25, 0.3) is 5.69 Å². The van der Waals surface area contributed by atoms with Crippen LogP contribution in [-0.2, 0) is 4.79 Å². The number of thiophene rings is 1. The Hall–Kier alpha value is -1.80. The molecule has 0 aliphatic heterocycles. The Kier molecular flexibility index (Phi) is 4.80. The molecule has 0 unspecified atom stereocenters. The number of hydrogen-bond donors (Lipinski definition) is 1. The first-order valence-electron chi connectivity index (χ1n) is 6.09. The molecule has 8 heteroatoms. The quantitative estimate of drug-likeness (QED) is 0.647. The van der Waals surface area contributed by atoms with Crippen LogP contribution in [0.15, 0.2) is 16.8 Å². The molecular weight excluding hydrogens is 298 g/mol. The van der Waals surface area contributed by atoms with Gasteiger partial charge in [-0.25, -0.2) is 4.98 Å². The van der Waals surface area contributed by atoms with Crippen LogP contribution >= 0.6 is 22.7 Å². The fourth-order valence-electron chi connectivity index (χ4n) is 1.52. The minimum absolute atomic E-state index is 0.0510. The first-order valence-corrected chi connectivity index (χ1v) is 7.84. The maximum Gasteiger partial charge on any atom is 0.280 e. The first-order chi connectivity index (χ1) is 9.60. The van der Waals surface area contributed by atoms with Gasteiger partial charge in [-0.3, -0.25) is 14.9 Å². The summed E-state index contributed by atoms with van der Waals surface area (Å²) in [5.74, 6) is -0.0510.